The van der Waals surface area contributed by atoms with Gasteiger partial charge in [-0.15, -0.1) is 0 Å². The molecule has 76 valence electrons. The van der Waals surface area contributed by atoms with Gasteiger partial charge in [0, 0.05) is 0 Å². The van der Waals surface area contributed by atoms with Gasteiger partial charge in [-0.05, 0) is 26.0 Å². The normalized spacial score (nSPS) is 9.64. The number of ether oxygens (including phenoxy) is 2. The zero-order chi connectivity index (χ0) is 10.6. The minimum absolute atomic E-state index is 0.0210. The predicted molar refractivity (Wildman–Crippen MR) is 54.2 cm³/mol. The van der Waals surface area contributed by atoms with Crippen LogP contribution in [0.2, 0.25) is 0 Å². The molecular formula is C11H14O3. The summed E-state index contributed by atoms with van der Waals surface area (Å²) in [7, 11) is 1.56. The molecule has 0 aliphatic rings. The third-order valence-corrected chi connectivity index (χ3v) is 1.87. The molecule has 14 heavy (non-hydrogen) atoms. The summed E-state index contributed by atoms with van der Waals surface area (Å²) in [6, 6.07) is 5.28. The van der Waals surface area contributed by atoms with E-state index in [1.165, 1.54) is 6.92 Å². The molecule has 1 rings (SSSR count). The molecule has 1 aromatic carbocycles. The van der Waals surface area contributed by atoms with E-state index in [0.717, 1.165) is 0 Å². The minimum Gasteiger partial charge on any atom is -0.493 e. The second kappa shape index (κ2) is 4.65. The summed E-state index contributed by atoms with van der Waals surface area (Å²) in [5.41, 5.74) is 0.561. The van der Waals surface area contributed by atoms with Crippen molar-refractivity contribution in [2.45, 2.75) is 13.8 Å². The van der Waals surface area contributed by atoms with E-state index in [1.807, 2.05) is 6.92 Å². The van der Waals surface area contributed by atoms with E-state index in [-0.39, 0.29) is 5.78 Å². The maximum absolute atomic E-state index is 11.3. The molecule has 0 aliphatic heterocycles. The lowest BCUT2D eigenvalue weighted by molar-refractivity contribution is 0.101. The fourth-order valence-corrected chi connectivity index (χ4v) is 1.25. The van der Waals surface area contributed by atoms with E-state index < -0.39 is 0 Å². The summed E-state index contributed by atoms with van der Waals surface area (Å²) < 4.78 is 10.5. The van der Waals surface area contributed by atoms with Crippen LogP contribution in [0.15, 0.2) is 18.2 Å². The zero-order valence-corrected chi connectivity index (χ0v) is 8.66. The third kappa shape index (κ3) is 2.05. The second-order valence-electron chi connectivity index (χ2n) is 2.83. The number of hydrogen-bond donors (Lipinski definition) is 0. The Labute approximate surface area is 83.6 Å². The Morgan fingerprint density at radius 2 is 2.14 bits per heavy atom. The SMILES string of the molecule is CCOc1c(OC)cccc1C(C)=O. The molecule has 1 aromatic rings. The largest absolute Gasteiger partial charge is 0.493 e. The second-order valence-corrected chi connectivity index (χ2v) is 2.83. The van der Waals surface area contributed by atoms with Gasteiger partial charge in [0.25, 0.3) is 0 Å². The van der Waals surface area contributed by atoms with Gasteiger partial charge < -0.3 is 9.47 Å². The van der Waals surface area contributed by atoms with E-state index in [1.54, 1.807) is 25.3 Å². The van der Waals surface area contributed by atoms with Gasteiger partial charge in [0.1, 0.15) is 0 Å². The number of methoxy groups -OCH3 is 1. The van der Waals surface area contributed by atoms with Crippen molar-refractivity contribution in [3.8, 4) is 11.5 Å². The highest BCUT2D eigenvalue weighted by Gasteiger charge is 2.12. The van der Waals surface area contributed by atoms with Crippen molar-refractivity contribution in [3.63, 3.8) is 0 Å². The fraction of sp³-hybridized carbons (Fsp3) is 0.364. The Kier molecular flexibility index (Phi) is 3.51. The quantitative estimate of drug-likeness (QED) is 0.690. The van der Waals surface area contributed by atoms with Crippen molar-refractivity contribution in [2.75, 3.05) is 13.7 Å². The number of carbonyl (C=O) groups excluding carboxylic acids is 1. The Balaban J connectivity index is 3.20. The summed E-state index contributed by atoms with van der Waals surface area (Å²) in [6.45, 7) is 3.90. The van der Waals surface area contributed by atoms with Crippen molar-refractivity contribution in [1.82, 2.24) is 0 Å². The molecule has 0 amide bonds. The number of ketones is 1. The average Bonchev–Trinajstić information content (AvgIpc) is 2.18. The molecule has 0 bridgehead atoms. The standard InChI is InChI=1S/C11H14O3/c1-4-14-11-9(8(2)12)6-5-7-10(11)13-3/h5-7H,4H2,1-3H3. The van der Waals surface area contributed by atoms with Crippen molar-refractivity contribution >= 4 is 5.78 Å². The molecule has 0 saturated carbocycles. The Bertz CT molecular complexity index is 331. The average molecular weight is 194 g/mol. The van der Waals surface area contributed by atoms with E-state index in [2.05, 4.69) is 0 Å². The first-order valence-corrected chi connectivity index (χ1v) is 4.51. The van der Waals surface area contributed by atoms with Crippen LogP contribution in [0.3, 0.4) is 0 Å². The van der Waals surface area contributed by atoms with Gasteiger partial charge >= 0.3 is 0 Å². The van der Waals surface area contributed by atoms with Crippen LogP contribution >= 0.6 is 0 Å². The van der Waals surface area contributed by atoms with Crippen LogP contribution in [0.25, 0.3) is 0 Å². The molecule has 0 heterocycles. The first-order valence-electron chi connectivity index (χ1n) is 4.51. The Morgan fingerprint density at radius 3 is 2.64 bits per heavy atom. The van der Waals surface area contributed by atoms with Gasteiger partial charge in [-0.1, -0.05) is 6.07 Å². The lowest BCUT2D eigenvalue weighted by Gasteiger charge is -2.11. The lowest BCUT2D eigenvalue weighted by Crippen LogP contribution is -2.02. The van der Waals surface area contributed by atoms with Crippen LogP contribution < -0.4 is 9.47 Å². The van der Waals surface area contributed by atoms with Gasteiger partial charge in [-0.2, -0.15) is 0 Å². The van der Waals surface area contributed by atoms with Crippen LogP contribution in [0.4, 0.5) is 0 Å². The van der Waals surface area contributed by atoms with E-state index in [9.17, 15) is 4.79 Å². The van der Waals surface area contributed by atoms with Crippen LogP contribution in [0.1, 0.15) is 24.2 Å². The van der Waals surface area contributed by atoms with Crippen LogP contribution in [-0.4, -0.2) is 19.5 Å². The van der Waals surface area contributed by atoms with Crippen LogP contribution in [0, 0.1) is 0 Å². The Morgan fingerprint density at radius 1 is 1.43 bits per heavy atom. The summed E-state index contributed by atoms with van der Waals surface area (Å²) >= 11 is 0. The van der Waals surface area contributed by atoms with Crippen LogP contribution in [-0.2, 0) is 0 Å². The van der Waals surface area contributed by atoms with Crippen LogP contribution in [0.5, 0.6) is 11.5 Å². The van der Waals surface area contributed by atoms with Gasteiger partial charge in [0.2, 0.25) is 0 Å². The molecule has 0 spiro atoms. The first kappa shape index (κ1) is 10.6. The van der Waals surface area contributed by atoms with Crippen molar-refractivity contribution in [2.24, 2.45) is 0 Å². The van der Waals surface area contributed by atoms with Crippen molar-refractivity contribution < 1.29 is 14.3 Å². The summed E-state index contributed by atoms with van der Waals surface area (Å²) in [6.07, 6.45) is 0. The molecule has 0 atom stereocenters. The molecule has 3 nitrogen and oxygen atoms in total. The summed E-state index contributed by atoms with van der Waals surface area (Å²) in [5, 5.41) is 0. The van der Waals surface area contributed by atoms with E-state index >= 15 is 0 Å². The van der Waals surface area contributed by atoms with Gasteiger partial charge in [-0.25, -0.2) is 0 Å². The molecule has 0 saturated heterocycles. The van der Waals surface area contributed by atoms with Gasteiger partial charge in [0.15, 0.2) is 17.3 Å². The number of hydrogen-bond acceptors (Lipinski definition) is 3. The number of benzene rings is 1. The zero-order valence-electron chi connectivity index (χ0n) is 8.66. The Hall–Kier alpha value is -1.51. The molecule has 3 heteroatoms. The molecule has 0 aliphatic carbocycles. The van der Waals surface area contributed by atoms with Gasteiger partial charge in [0.05, 0.1) is 19.3 Å². The fourth-order valence-electron chi connectivity index (χ4n) is 1.25. The maximum atomic E-state index is 11.3. The predicted octanol–water partition coefficient (Wildman–Crippen LogP) is 2.30. The van der Waals surface area contributed by atoms with E-state index in [0.29, 0.717) is 23.7 Å². The molecule has 0 fully saturated rings. The monoisotopic (exact) mass is 194 g/mol. The molecular weight excluding hydrogens is 180 g/mol. The first-order chi connectivity index (χ1) is 6.70. The minimum atomic E-state index is -0.0210. The smallest absolute Gasteiger partial charge is 0.171 e. The van der Waals surface area contributed by atoms with Crippen molar-refractivity contribution in [3.05, 3.63) is 23.8 Å². The topological polar surface area (TPSA) is 35.5 Å². The maximum Gasteiger partial charge on any atom is 0.171 e. The van der Waals surface area contributed by atoms with Crippen molar-refractivity contribution in [1.29, 1.82) is 0 Å². The number of para-hydroxylation sites is 1. The highest BCUT2D eigenvalue weighted by Crippen LogP contribution is 2.31. The summed E-state index contributed by atoms with van der Waals surface area (Å²) in [4.78, 5) is 11.3. The highest BCUT2D eigenvalue weighted by atomic mass is 16.5. The molecule has 0 radical (unpaired) electrons. The summed E-state index contributed by atoms with van der Waals surface area (Å²) in [5.74, 6) is 1.11. The number of Topliss-reactive ketones (excluding diaryl/α,β-unsaturated/α-hetero) is 1. The molecule has 0 N–H and O–H groups in total. The van der Waals surface area contributed by atoms with E-state index in [4.69, 9.17) is 9.47 Å². The third-order valence-electron chi connectivity index (χ3n) is 1.87. The van der Waals surface area contributed by atoms with Gasteiger partial charge in [-0.3, -0.25) is 4.79 Å². The molecule has 0 aromatic heterocycles. The lowest BCUT2D eigenvalue weighted by atomic mass is 10.1. The number of rotatable bonds is 4. The highest BCUT2D eigenvalue weighted by molar-refractivity contribution is 5.97. The molecule has 0 unspecified atom stereocenters. The number of carbonyl (C=O) groups is 1.